The molecule has 0 spiro atoms. The minimum absolute atomic E-state index is 0.463. The Labute approximate surface area is 93.1 Å². The third kappa shape index (κ3) is 3.38. The molecule has 0 bridgehead atoms. The normalized spacial score (nSPS) is 13.0. The zero-order valence-corrected chi connectivity index (χ0v) is 10.2. The van der Waals surface area contributed by atoms with Crippen LogP contribution >= 0.6 is 0 Å². The largest absolute Gasteiger partial charge is 0.469 e. The van der Waals surface area contributed by atoms with Crippen LogP contribution < -0.4 is 5.32 Å². The molecule has 86 valence electrons. The van der Waals surface area contributed by atoms with Crippen molar-refractivity contribution >= 4 is 0 Å². The molecule has 1 unspecified atom stereocenters. The van der Waals surface area contributed by atoms with Crippen LogP contribution in [-0.2, 0) is 6.42 Å². The highest BCUT2D eigenvalue weighted by atomic mass is 16.3. The van der Waals surface area contributed by atoms with Gasteiger partial charge in [0.2, 0.25) is 0 Å². The van der Waals surface area contributed by atoms with Crippen LogP contribution in [0.3, 0.4) is 0 Å². The van der Waals surface area contributed by atoms with Crippen LogP contribution in [0.2, 0.25) is 0 Å². The van der Waals surface area contributed by atoms with Crippen LogP contribution in [0.15, 0.2) is 16.7 Å². The monoisotopic (exact) mass is 209 g/mol. The molecule has 0 amide bonds. The van der Waals surface area contributed by atoms with Gasteiger partial charge in [0.1, 0.15) is 5.76 Å². The van der Waals surface area contributed by atoms with Gasteiger partial charge in [-0.25, -0.2) is 0 Å². The summed E-state index contributed by atoms with van der Waals surface area (Å²) in [6.07, 6.45) is 7.87. The first-order chi connectivity index (χ1) is 7.33. The van der Waals surface area contributed by atoms with E-state index in [2.05, 4.69) is 25.2 Å². The van der Waals surface area contributed by atoms with Crippen molar-refractivity contribution in [2.45, 2.75) is 52.0 Å². The Morgan fingerprint density at radius 3 is 2.73 bits per heavy atom. The van der Waals surface area contributed by atoms with Gasteiger partial charge in [0.15, 0.2) is 0 Å². The summed E-state index contributed by atoms with van der Waals surface area (Å²) in [6, 6.07) is 2.57. The van der Waals surface area contributed by atoms with Gasteiger partial charge in [0, 0.05) is 18.0 Å². The van der Waals surface area contributed by atoms with Crippen molar-refractivity contribution in [2.24, 2.45) is 0 Å². The van der Waals surface area contributed by atoms with Crippen LogP contribution in [0, 0.1) is 0 Å². The maximum atomic E-state index is 5.46. The summed E-state index contributed by atoms with van der Waals surface area (Å²) in [7, 11) is 2.03. The molecule has 0 saturated carbocycles. The molecule has 1 heterocycles. The lowest BCUT2D eigenvalue weighted by molar-refractivity contribution is 0.475. The van der Waals surface area contributed by atoms with Crippen molar-refractivity contribution in [3.05, 3.63) is 23.7 Å². The first-order valence-corrected chi connectivity index (χ1v) is 6.07. The number of nitrogens with one attached hydrogen (secondary N) is 1. The molecule has 2 nitrogen and oxygen atoms in total. The van der Waals surface area contributed by atoms with Crippen LogP contribution in [-0.4, -0.2) is 7.05 Å². The standard InChI is InChI=1S/C13H23NO/c1-4-6-7-8-12(14-3)11-9-10-15-13(11)5-2/h9-10,12,14H,4-8H2,1-3H3. The summed E-state index contributed by atoms with van der Waals surface area (Å²) in [5.41, 5.74) is 1.34. The lowest BCUT2D eigenvalue weighted by Crippen LogP contribution is -2.16. The highest BCUT2D eigenvalue weighted by Crippen LogP contribution is 2.24. The molecule has 1 aromatic heterocycles. The Morgan fingerprint density at radius 1 is 1.33 bits per heavy atom. The van der Waals surface area contributed by atoms with Crippen LogP contribution in [0.4, 0.5) is 0 Å². The average molecular weight is 209 g/mol. The number of hydrogen-bond donors (Lipinski definition) is 1. The van der Waals surface area contributed by atoms with E-state index < -0.39 is 0 Å². The van der Waals surface area contributed by atoms with E-state index in [0.717, 1.165) is 12.2 Å². The number of unbranched alkanes of at least 4 members (excludes halogenated alkanes) is 2. The predicted molar refractivity (Wildman–Crippen MR) is 64.0 cm³/mol. The number of aryl methyl sites for hydroxylation is 1. The molecular weight excluding hydrogens is 186 g/mol. The first kappa shape index (κ1) is 12.3. The quantitative estimate of drug-likeness (QED) is 0.693. The summed E-state index contributed by atoms with van der Waals surface area (Å²) in [5, 5.41) is 3.38. The molecule has 0 saturated heterocycles. The molecule has 0 aliphatic carbocycles. The molecule has 0 aliphatic rings. The van der Waals surface area contributed by atoms with E-state index in [0.29, 0.717) is 6.04 Å². The average Bonchev–Trinajstić information content (AvgIpc) is 2.72. The SMILES string of the molecule is CCCCCC(NC)c1ccoc1CC. The van der Waals surface area contributed by atoms with Crippen LogP contribution in [0.1, 0.15) is 56.9 Å². The maximum Gasteiger partial charge on any atom is 0.108 e. The van der Waals surface area contributed by atoms with Crippen molar-refractivity contribution in [2.75, 3.05) is 7.05 Å². The zero-order valence-electron chi connectivity index (χ0n) is 10.2. The summed E-state index contributed by atoms with van der Waals surface area (Å²) in [4.78, 5) is 0. The van der Waals surface area contributed by atoms with E-state index >= 15 is 0 Å². The van der Waals surface area contributed by atoms with Gasteiger partial charge in [-0.15, -0.1) is 0 Å². The minimum Gasteiger partial charge on any atom is -0.469 e. The first-order valence-electron chi connectivity index (χ1n) is 6.07. The topological polar surface area (TPSA) is 25.2 Å². The molecule has 15 heavy (non-hydrogen) atoms. The number of hydrogen-bond acceptors (Lipinski definition) is 2. The zero-order chi connectivity index (χ0) is 11.1. The highest BCUT2D eigenvalue weighted by Gasteiger charge is 2.14. The van der Waals surface area contributed by atoms with Gasteiger partial charge in [0.25, 0.3) is 0 Å². The van der Waals surface area contributed by atoms with Gasteiger partial charge in [-0.05, 0) is 19.5 Å². The fourth-order valence-corrected chi connectivity index (χ4v) is 2.00. The Bertz CT molecular complexity index is 267. The van der Waals surface area contributed by atoms with Gasteiger partial charge < -0.3 is 9.73 Å². The predicted octanol–water partition coefficient (Wildman–Crippen LogP) is 3.68. The van der Waals surface area contributed by atoms with Crippen LogP contribution in [0.25, 0.3) is 0 Å². The van der Waals surface area contributed by atoms with E-state index in [4.69, 9.17) is 4.42 Å². The minimum atomic E-state index is 0.463. The molecule has 0 aromatic carbocycles. The lowest BCUT2D eigenvalue weighted by Gasteiger charge is -2.15. The second-order valence-electron chi connectivity index (χ2n) is 3.99. The Hall–Kier alpha value is -0.760. The maximum absolute atomic E-state index is 5.46. The third-order valence-electron chi connectivity index (χ3n) is 2.92. The molecule has 1 rings (SSSR count). The summed E-state index contributed by atoms with van der Waals surface area (Å²) >= 11 is 0. The second kappa shape index (κ2) is 6.67. The molecule has 2 heteroatoms. The molecule has 1 aromatic rings. The smallest absolute Gasteiger partial charge is 0.108 e. The van der Waals surface area contributed by atoms with E-state index in [1.807, 2.05) is 7.05 Å². The van der Waals surface area contributed by atoms with Gasteiger partial charge >= 0.3 is 0 Å². The van der Waals surface area contributed by atoms with Gasteiger partial charge in [-0.3, -0.25) is 0 Å². The van der Waals surface area contributed by atoms with Gasteiger partial charge in [-0.2, -0.15) is 0 Å². The molecule has 1 atom stereocenters. The molecule has 1 N–H and O–H groups in total. The molecule has 0 aliphatic heterocycles. The number of furan rings is 1. The van der Waals surface area contributed by atoms with Gasteiger partial charge in [0.05, 0.1) is 6.26 Å². The van der Waals surface area contributed by atoms with Gasteiger partial charge in [-0.1, -0.05) is 33.1 Å². The Kier molecular flexibility index (Phi) is 5.48. The number of rotatable bonds is 7. The Morgan fingerprint density at radius 2 is 2.13 bits per heavy atom. The molecule has 0 radical (unpaired) electrons. The van der Waals surface area contributed by atoms with Crippen LogP contribution in [0.5, 0.6) is 0 Å². The van der Waals surface area contributed by atoms with Crippen molar-refractivity contribution < 1.29 is 4.42 Å². The van der Waals surface area contributed by atoms with E-state index in [1.165, 1.54) is 31.2 Å². The molecule has 0 fully saturated rings. The van der Waals surface area contributed by atoms with Crippen molar-refractivity contribution in [3.8, 4) is 0 Å². The second-order valence-corrected chi connectivity index (χ2v) is 3.99. The van der Waals surface area contributed by atoms with E-state index in [-0.39, 0.29) is 0 Å². The fourth-order valence-electron chi connectivity index (χ4n) is 2.00. The lowest BCUT2D eigenvalue weighted by atomic mass is 10.0. The van der Waals surface area contributed by atoms with Crippen molar-refractivity contribution in [1.82, 2.24) is 5.32 Å². The third-order valence-corrected chi connectivity index (χ3v) is 2.92. The summed E-state index contributed by atoms with van der Waals surface area (Å²) in [6.45, 7) is 4.38. The Balaban J connectivity index is 2.57. The summed E-state index contributed by atoms with van der Waals surface area (Å²) in [5.74, 6) is 1.13. The van der Waals surface area contributed by atoms with Crippen molar-refractivity contribution in [1.29, 1.82) is 0 Å². The van der Waals surface area contributed by atoms with Crippen molar-refractivity contribution in [3.63, 3.8) is 0 Å². The fraction of sp³-hybridized carbons (Fsp3) is 0.692. The summed E-state index contributed by atoms with van der Waals surface area (Å²) < 4.78 is 5.46. The highest BCUT2D eigenvalue weighted by molar-refractivity contribution is 5.21. The van der Waals surface area contributed by atoms with E-state index in [1.54, 1.807) is 6.26 Å². The molecular formula is C13H23NO. The van der Waals surface area contributed by atoms with E-state index in [9.17, 15) is 0 Å².